The molecule has 0 amide bonds. The zero-order valence-electron chi connectivity index (χ0n) is 31.7. The Hall–Kier alpha value is -1.22. The summed E-state index contributed by atoms with van der Waals surface area (Å²) in [5, 5.41) is 0. The second kappa shape index (κ2) is 39.0. The zero-order chi connectivity index (χ0) is 33.6. The van der Waals surface area contributed by atoms with E-state index in [1.807, 2.05) is 33.0 Å². The van der Waals surface area contributed by atoms with Crippen LogP contribution in [-0.4, -0.2) is 37.6 Å². The van der Waals surface area contributed by atoms with Gasteiger partial charge in [0.15, 0.2) is 0 Å². The first-order valence-corrected chi connectivity index (χ1v) is 19.8. The van der Waals surface area contributed by atoms with E-state index in [4.69, 9.17) is 0 Å². The molecule has 0 spiro atoms. The average molecular weight is 632 g/mol. The van der Waals surface area contributed by atoms with E-state index >= 15 is 0 Å². The van der Waals surface area contributed by atoms with Gasteiger partial charge in [0.2, 0.25) is 0 Å². The molecule has 266 valence electrons. The minimum absolute atomic E-state index is 0.0950. The van der Waals surface area contributed by atoms with Crippen molar-refractivity contribution >= 4 is 11.6 Å². The fraction of sp³-hybridized carbons (Fsp3) is 0.857. The monoisotopic (exact) mass is 632 g/mol. The van der Waals surface area contributed by atoms with Crippen LogP contribution in [-0.2, 0) is 9.59 Å². The summed E-state index contributed by atoms with van der Waals surface area (Å²) >= 11 is 0. The van der Waals surface area contributed by atoms with Gasteiger partial charge >= 0.3 is 0 Å². The molecule has 0 rings (SSSR count). The highest BCUT2D eigenvalue weighted by atomic mass is 16.1. The van der Waals surface area contributed by atoms with E-state index in [2.05, 4.69) is 38.2 Å². The van der Waals surface area contributed by atoms with Gasteiger partial charge in [-0.15, -0.1) is 0 Å². The summed E-state index contributed by atoms with van der Waals surface area (Å²) < 4.78 is 0. The predicted octanol–water partition coefficient (Wildman–Crippen LogP) is 13.4. The Bertz CT molecular complexity index is 663. The van der Waals surface area contributed by atoms with E-state index in [1.54, 1.807) is 0 Å². The van der Waals surface area contributed by atoms with Gasteiger partial charge in [-0.25, -0.2) is 0 Å². The van der Waals surface area contributed by atoms with E-state index in [-0.39, 0.29) is 11.7 Å². The molecule has 0 aromatic heterocycles. The van der Waals surface area contributed by atoms with Crippen molar-refractivity contribution in [2.75, 3.05) is 21.1 Å². The van der Waals surface area contributed by atoms with Gasteiger partial charge in [-0.05, 0) is 85.4 Å². The van der Waals surface area contributed by atoms with Gasteiger partial charge in [-0.2, -0.15) is 0 Å². The van der Waals surface area contributed by atoms with Gasteiger partial charge in [-0.1, -0.05) is 148 Å². The molecule has 0 saturated heterocycles. The lowest BCUT2D eigenvalue weighted by Gasteiger charge is -2.10. The number of hydrogen-bond donors (Lipinski definition) is 0. The van der Waals surface area contributed by atoms with Crippen molar-refractivity contribution in [3.05, 3.63) is 24.3 Å². The molecule has 0 bridgehead atoms. The first-order valence-electron chi connectivity index (χ1n) is 19.8. The number of unbranched alkanes of at least 4 members (excludes halogenated alkanes) is 22. The maximum Gasteiger partial charge on any atom is 0.136 e. The largest absolute Gasteiger partial charge is 0.312 e. The molecule has 1 unspecified atom stereocenters. The highest BCUT2D eigenvalue weighted by Crippen LogP contribution is 2.16. The molecular weight excluding hydrogens is 550 g/mol. The van der Waals surface area contributed by atoms with Crippen LogP contribution in [0.15, 0.2) is 24.3 Å². The quantitative estimate of drug-likeness (QED) is 0.0534. The Morgan fingerprint density at radius 3 is 1.11 bits per heavy atom. The first-order chi connectivity index (χ1) is 21.8. The van der Waals surface area contributed by atoms with Crippen LogP contribution >= 0.6 is 0 Å². The minimum Gasteiger partial charge on any atom is -0.312 e. The average Bonchev–Trinajstić information content (AvgIpc) is 3.00. The van der Waals surface area contributed by atoms with Crippen LogP contribution in [0, 0.1) is 5.92 Å². The van der Waals surface area contributed by atoms with Crippen molar-refractivity contribution in [2.24, 2.45) is 5.92 Å². The molecule has 3 heteroatoms. The highest BCUT2D eigenvalue weighted by molar-refractivity contribution is 5.87. The molecule has 1 atom stereocenters. The van der Waals surface area contributed by atoms with Crippen molar-refractivity contribution in [3.8, 4) is 0 Å². The summed E-state index contributed by atoms with van der Waals surface area (Å²) in [6.07, 6.45) is 44.4. The number of ketones is 2. The SMILES string of the molecule is CCCCCCCC/C=C\CCCCCCCC(=O)CC(C)C(=O)CCCCCCC/C=C\CCCCCCCC.CN(C)C. The van der Waals surface area contributed by atoms with E-state index in [1.165, 1.54) is 141 Å². The number of allylic oxidation sites excluding steroid dienone is 4. The minimum atomic E-state index is -0.0950. The predicted molar refractivity (Wildman–Crippen MR) is 202 cm³/mol. The number of carbonyl (C=O) groups excluding carboxylic acids is 2. The third-order valence-corrected chi connectivity index (χ3v) is 8.49. The van der Waals surface area contributed by atoms with Gasteiger partial charge in [0.25, 0.3) is 0 Å². The van der Waals surface area contributed by atoms with Crippen LogP contribution in [0.2, 0.25) is 0 Å². The topological polar surface area (TPSA) is 37.4 Å². The van der Waals surface area contributed by atoms with Crippen molar-refractivity contribution in [2.45, 2.75) is 207 Å². The van der Waals surface area contributed by atoms with E-state index < -0.39 is 0 Å². The van der Waals surface area contributed by atoms with Gasteiger partial charge < -0.3 is 4.90 Å². The van der Waals surface area contributed by atoms with Crippen molar-refractivity contribution in [1.82, 2.24) is 4.90 Å². The summed E-state index contributed by atoms with van der Waals surface area (Å²) in [4.78, 5) is 26.8. The Balaban J connectivity index is 0. The smallest absolute Gasteiger partial charge is 0.136 e. The fourth-order valence-corrected chi connectivity index (χ4v) is 5.57. The van der Waals surface area contributed by atoms with Crippen LogP contribution < -0.4 is 0 Å². The Labute approximate surface area is 283 Å². The summed E-state index contributed by atoms with van der Waals surface area (Å²) in [6, 6.07) is 0. The van der Waals surface area contributed by atoms with Crippen LogP contribution in [0.1, 0.15) is 207 Å². The summed E-state index contributed by atoms with van der Waals surface area (Å²) in [5.41, 5.74) is 0. The lowest BCUT2D eigenvalue weighted by Crippen LogP contribution is -2.15. The maximum atomic E-state index is 12.5. The lowest BCUT2D eigenvalue weighted by molar-refractivity contribution is -0.127. The lowest BCUT2D eigenvalue weighted by atomic mass is 9.94. The van der Waals surface area contributed by atoms with Crippen molar-refractivity contribution < 1.29 is 9.59 Å². The zero-order valence-corrected chi connectivity index (χ0v) is 31.7. The normalized spacial score (nSPS) is 12.2. The summed E-state index contributed by atoms with van der Waals surface area (Å²) in [6.45, 7) is 6.50. The van der Waals surface area contributed by atoms with Crippen molar-refractivity contribution in [1.29, 1.82) is 0 Å². The molecule has 45 heavy (non-hydrogen) atoms. The number of nitrogens with zero attached hydrogens (tertiary/aromatic N) is 1. The number of carbonyl (C=O) groups is 2. The van der Waals surface area contributed by atoms with Gasteiger partial charge in [0.1, 0.15) is 11.6 Å². The maximum absolute atomic E-state index is 12.5. The molecule has 0 N–H and O–H groups in total. The molecule has 0 aliphatic rings. The van der Waals surface area contributed by atoms with Crippen molar-refractivity contribution in [3.63, 3.8) is 0 Å². The molecule has 0 aromatic carbocycles. The van der Waals surface area contributed by atoms with Crippen LogP contribution in [0.25, 0.3) is 0 Å². The molecule has 3 nitrogen and oxygen atoms in total. The number of Topliss-reactive ketones (excluding diaryl/α,β-unsaturated/α-hetero) is 2. The molecule has 0 radical (unpaired) electrons. The van der Waals surface area contributed by atoms with E-state index in [0.717, 1.165) is 25.7 Å². The second-order valence-corrected chi connectivity index (χ2v) is 14.1. The van der Waals surface area contributed by atoms with Crippen LogP contribution in [0.4, 0.5) is 0 Å². The van der Waals surface area contributed by atoms with E-state index in [0.29, 0.717) is 25.0 Å². The third kappa shape index (κ3) is 42.8. The number of rotatable bonds is 33. The fourth-order valence-electron chi connectivity index (χ4n) is 5.57. The molecular formula is C42H81NO2. The number of hydrogen-bond acceptors (Lipinski definition) is 3. The van der Waals surface area contributed by atoms with Crippen LogP contribution in [0.3, 0.4) is 0 Å². The van der Waals surface area contributed by atoms with Gasteiger partial charge in [-0.3, -0.25) is 9.59 Å². The van der Waals surface area contributed by atoms with E-state index in [9.17, 15) is 9.59 Å². The highest BCUT2D eigenvalue weighted by Gasteiger charge is 2.16. The molecule has 0 aliphatic carbocycles. The summed E-state index contributed by atoms with van der Waals surface area (Å²) in [5.74, 6) is 0.482. The second-order valence-electron chi connectivity index (χ2n) is 14.1. The Morgan fingerprint density at radius 2 is 0.756 bits per heavy atom. The summed E-state index contributed by atoms with van der Waals surface area (Å²) in [7, 11) is 6.00. The Morgan fingerprint density at radius 1 is 0.467 bits per heavy atom. The molecule has 0 aromatic rings. The first kappa shape index (κ1) is 45.9. The molecule has 0 heterocycles. The standard InChI is InChI=1S/C39H72O2.C3H9N/c1-4-6-8-10-12-14-16-18-20-22-24-26-28-30-32-34-38(40)36-37(3)39(41)35-33-31-29-27-25-23-21-19-17-15-13-11-9-7-5-2;1-4(2)3/h18-21,37H,4-17,22-36H2,1-3H3;1-3H3/b20-18-,21-19-;. The molecule has 0 aliphatic heterocycles. The van der Waals surface area contributed by atoms with Gasteiger partial charge in [0, 0.05) is 25.2 Å². The Kier molecular flexibility index (Phi) is 39.7. The van der Waals surface area contributed by atoms with Gasteiger partial charge in [0.05, 0.1) is 0 Å². The third-order valence-electron chi connectivity index (χ3n) is 8.49. The van der Waals surface area contributed by atoms with Crippen LogP contribution in [0.5, 0.6) is 0 Å². The molecule has 0 fully saturated rings. The molecule has 0 saturated carbocycles.